The van der Waals surface area contributed by atoms with Gasteiger partial charge in [-0.2, -0.15) is 0 Å². The zero-order valence-electron chi connectivity index (χ0n) is 17.5. The molecule has 1 heterocycles. The molecule has 0 aliphatic carbocycles. The Labute approximate surface area is 194 Å². The Kier molecular flexibility index (Phi) is 5.71. The molecule has 4 aromatic rings. The van der Waals surface area contributed by atoms with E-state index in [0.717, 1.165) is 22.0 Å². The summed E-state index contributed by atoms with van der Waals surface area (Å²) in [5.74, 6) is -0.00441. The summed E-state index contributed by atoms with van der Waals surface area (Å²) in [4.78, 5) is 26.7. The van der Waals surface area contributed by atoms with Crippen LogP contribution in [0.3, 0.4) is 0 Å². The quantitative estimate of drug-likeness (QED) is 0.373. The van der Waals surface area contributed by atoms with Crippen molar-refractivity contribution in [3.05, 3.63) is 102 Å². The summed E-state index contributed by atoms with van der Waals surface area (Å²) in [6.45, 7) is 0. The van der Waals surface area contributed by atoms with Gasteiger partial charge < -0.3 is 10.6 Å². The van der Waals surface area contributed by atoms with Gasteiger partial charge in [-0.1, -0.05) is 48.5 Å². The Bertz CT molecular complexity index is 1320. The van der Waals surface area contributed by atoms with Gasteiger partial charge in [0.15, 0.2) is 0 Å². The van der Waals surface area contributed by atoms with Crippen molar-refractivity contribution in [2.24, 2.45) is 0 Å². The van der Waals surface area contributed by atoms with Gasteiger partial charge in [-0.25, -0.2) is 9.18 Å². The lowest BCUT2D eigenvalue weighted by Crippen LogP contribution is -2.27. The van der Waals surface area contributed by atoms with Crippen molar-refractivity contribution in [3.8, 4) is 0 Å². The second-order valence-corrected chi connectivity index (χ2v) is 8.70. The summed E-state index contributed by atoms with van der Waals surface area (Å²) in [5.41, 5.74) is 2.96. The molecule has 7 heteroatoms. The lowest BCUT2D eigenvalue weighted by molar-refractivity contribution is -0.115. The molecule has 0 saturated carbocycles. The predicted molar refractivity (Wildman–Crippen MR) is 132 cm³/mol. The number of amides is 3. The SMILES string of the molecule is O=C(Nc1ccc(C2SCC(=O)N2c2ccc(F)cc2)cc1)Nc1cccc2ccccc12. The van der Waals surface area contributed by atoms with Crippen LogP contribution in [0.5, 0.6) is 0 Å². The minimum absolute atomic E-state index is 0.0201. The van der Waals surface area contributed by atoms with Crippen LogP contribution in [0.15, 0.2) is 91.0 Å². The molecular weight excluding hydrogens is 437 g/mol. The number of anilines is 3. The van der Waals surface area contributed by atoms with Crippen molar-refractivity contribution in [1.29, 1.82) is 0 Å². The van der Waals surface area contributed by atoms with E-state index in [1.807, 2.05) is 66.7 Å². The van der Waals surface area contributed by atoms with Crippen molar-refractivity contribution in [3.63, 3.8) is 0 Å². The van der Waals surface area contributed by atoms with E-state index >= 15 is 0 Å². The highest BCUT2D eigenvalue weighted by atomic mass is 32.2. The zero-order chi connectivity index (χ0) is 22.8. The second kappa shape index (κ2) is 8.96. The van der Waals surface area contributed by atoms with Crippen LogP contribution < -0.4 is 15.5 Å². The fraction of sp³-hybridized carbons (Fsp3) is 0.0769. The Morgan fingerprint density at radius 2 is 1.61 bits per heavy atom. The van der Waals surface area contributed by atoms with Crippen molar-refractivity contribution in [2.45, 2.75) is 5.37 Å². The summed E-state index contributed by atoms with van der Waals surface area (Å²) in [7, 11) is 0. The number of benzene rings is 4. The van der Waals surface area contributed by atoms with Crippen molar-refractivity contribution < 1.29 is 14.0 Å². The van der Waals surface area contributed by atoms with Gasteiger partial charge in [-0.05, 0) is 53.4 Å². The number of carbonyl (C=O) groups is 2. The van der Waals surface area contributed by atoms with Gasteiger partial charge in [0.25, 0.3) is 0 Å². The molecule has 2 N–H and O–H groups in total. The van der Waals surface area contributed by atoms with E-state index in [2.05, 4.69) is 10.6 Å². The largest absolute Gasteiger partial charge is 0.323 e. The second-order valence-electron chi connectivity index (χ2n) is 7.63. The van der Waals surface area contributed by atoms with E-state index < -0.39 is 0 Å². The molecule has 4 aromatic carbocycles. The number of urea groups is 1. The molecule has 164 valence electrons. The van der Waals surface area contributed by atoms with Crippen LogP contribution in [0.2, 0.25) is 0 Å². The van der Waals surface area contributed by atoms with Crippen LogP contribution in [0.25, 0.3) is 10.8 Å². The molecule has 1 unspecified atom stereocenters. The first-order valence-corrected chi connectivity index (χ1v) is 11.5. The van der Waals surface area contributed by atoms with Gasteiger partial charge in [-0.3, -0.25) is 9.69 Å². The smallest absolute Gasteiger partial charge is 0.308 e. The highest BCUT2D eigenvalue weighted by molar-refractivity contribution is 8.00. The number of rotatable bonds is 4. The van der Waals surface area contributed by atoms with Crippen molar-refractivity contribution in [1.82, 2.24) is 0 Å². The predicted octanol–water partition coefficient (Wildman–Crippen LogP) is 6.40. The molecule has 1 aliphatic rings. The number of thioether (sulfide) groups is 1. The number of hydrogen-bond donors (Lipinski definition) is 2. The lowest BCUT2D eigenvalue weighted by atomic mass is 10.1. The van der Waals surface area contributed by atoms with Gasteiger partial charge >= 0.3 is 6.03 Å². The molecule has 0 bridgehead atoms. The van der Waals surface area contributed by atoms with E-state index in [4.69, 9.17) is 0 Å². The maximum atomic E-state index is 13.3. The van der Waals surface area contributed by atoms with Crippen LogP contribution in [-0.4, -0.2) is 17.7 Å². The Hall–Kier alpha value is -3.84. The molecule has 0 aromatic heterocycles. The van der Waals surface area contributed by atoms with Crippen LogP contribution in [0.4, 0.5) is 26.2 Å². The topological polar surface area (TPSA) is 61.4 Å². The summed E-state index contributed by atoms with van der Waals surface area (Å²) < 4.78 is 13.3. The van der Waals surface area contributed by atoms with Gasteiger partial charge in [0.1, 0.15) is 11.2 Å². The number of hydrogen-bond acceptors (Lipinski definition) is 3. The van der Waals surface area contributed by atoms with Gasteiger partial charge in [-0.15, -0.1) is 11.8 Å². The molecule has 1 fully saturated rings. The number of nitrogens with zero attached hydrogens (tertiary/aromatic N) is 1. The molecule has 5 nitrogen and oxygen atoms in total. The van der Waals surface area contributed by atoms with Gasteiger partial charge in [0, 0.05) is 16.8 Å². The van der Waals surface area contributed by atoms with E-state index in [-0.39, 0.29) is 23.1 Å². The summed E-state index contributed by atoms with van der Waals surface area (Å²) in [5, 5.41) is 7.57. The molecule has 0 radical (unpaired) electrons. The first-order chi connectivity index (χ1) is 16.1. The first-order valence-electron chi connectivity index (χ1n) is 10.4. The molecule has 5 rings (SSSR count). The highest BCUT2D eigenvalue weighted by Crippen LogP contribution is 2.42. The van der Waals surface area contributed by atoms with E-state index in [0.29, 0.717) is 17.1 Å². The van der Waals surface area contributed by atoms with Gasteiger partial charge in [0.2, 0.25) is 5.91 Å². The summed E-state index contributed by atoms with van der Waals surface area (Å²) in [6, 6.07) is 26.6. The number of halogens is 1. The Morgan fingerprint density at radius 1 is 0.879 bits per heavy atom. The zero-order valence-corrected chi connectivity index (χ0v) is 18.3. The lowest BCUT2D eigenvalue weighted by Gasteiger charge is -2.24. The summed E-state index contributed by atoms with van der Waals surface area (Å²) >= 11 is 1.52. The number of nitrogens with one attached hydrogen (secondary N) is 2. The molecule has 0 spiro atoms. The van der Waals surface area contributed by atoms with Crippen LogP contribution in [-0.2, 0) is 4.79 Å². The average molecular weight is 458 g/mol. The molecule has 1 atom stereocenters. The fourth-order valence-electron chi connectivity index (χ4n) is 3.90. The number of fused-ring (bicyclic) bond motifs is 1. The minimum atomic E-state index is -0.341. The monoisotopic (exact) mass is 457 g/mol. The standard InChI is InChI=1S/C26H20FN3O2S/c27-19-10-14-21(15-11-19)30-24(31)16-33-25(30)18-8-12-20(13-9-18)28-26(32)29-23-7-3-5-17-4-1-2-6-22(17)23/h1-15,25H,16H2,(H2,28,29,32). The van der Waals surface area contributed by atoms with Crippen LogP contribution in [0, 0.1) is 5.82 Å². The van der Waals surface area contributed by atoms with Crippen molar-refractivity contribution >= 4 is 51.5 Å². The number of carbonyl (C=O) groups excluding carboxylic acids is 2. The minimum Gasteiger partial charge on any atom is -0.308 e. The van der Waals surface area contributed by atoms with E-state index in [1.54, 1.807) is 17.0 Å². The molecular formula is C26H20FN3O2S. The maximum Gasteiger partial charge on any atom is 0.323 e. The molecule has 1 saturated heterocycles. The fourth-order valence-corrected chi connectivity index (χ4v) is 5.08. The molecule has 1 aliphatic heterocycles. The molecule has 3 amide bonds. The normalized spacial score (nSPS) is 15.6. The van der Waals surface area contributed by atoms with E-state index in [9.17, 15) is 14.0 Å². The van der Waals surface area contributed by atoms with Crippen LogP contribution in [0.1, 0.15) is 10.9 Å². The maximum absolute atomic E-state index is 13.3. The summed E-state index contributed by atoms with van der Waals surface area (Å²) in [6.07, 6.45) is 0. The van der Waals surface area contributed by atoms with E-state index in [1.165, 1.54) is 23.9 Å². The third-order valence-electron chi connectivity index (χ3n) is 5.46. The third-order valence-corrected chi connectivity index (χ3v) is 6.68. The first kappa shape index (κ1) is 21.0. The van der Waals surface area contributed by atoms with Gasteiger partial charge in [0.05, 0.1) is 11.4 Å². The Morgan fingerprint density at radius 3 is 2.39 bits per heavy atom. The highest BCUT2D eigenvalue weighted by Gasteiger charge is 2.34. The average Bonchev–Trinajstić information content (AvgIpc) is 3.21. The van der Waals surface area contributed by atoms with Crippen LogP contribution >= 0.6 is 11.8 Å². The molecule has 33 heavy (non-hydrogen) atoms. The third kappa shape index (κ3) is 4.40. The Balaban J connectivity index is 1.29. The van der Waals surface area contributed by atoms with Crippen molar-refractivity contribution in [2.75, 3.05) is 21.3 Å².